The third-order valence-corrected chi connectivity index (χ3v) is 3.44. The topological polar surface area (TPSA) is 67.4 Å². The van der Waals surface area contributed by atoms with Crippen LogP contribution in [-0.2, 0) is 9.53 Å². The number of carbonyl (C=O) groups is 2. The van der Waals surface area contributed by atoms with Crippen LogP contribution >= 0.6 is 22.6 Å². The first kappa shape index (κ1) is 16.4. The van der Waals surface area contributed by atoms with Gasteiger partial charge < -0.3 is 15.4 Å². The molecule has 0 bridgehead atoms. The SMILES string of the molecule is COCC(=O)Nc1cccc(NC(=O)c2cccc(I)c2)c1. The molecule has 0 radical (unpaired) electrons. The van der Waals surface area contributed by atoms with Crippen molar-refractivity contribution < 1.29 is 14.3 Å². The molecule has 0 saturated carbocycles. The predicted molar refractivity (Wildman–Crippen MR) is 94.1 cm³/mol. The number of amides is 2. The Labute approximate surface area is 142 Å². The molecular formula is C16H15IN2O3. The van der Waals surface area contributed by atoms with Crippen LogP contribution < -0.4 is 10.6 Å². The first-order valence-electron chi connectivity index (χ1n) is 6.54. The lowest BCUT2D eigenvalue weighted by molar-refractivity contribution is -0.119. The van der Waals surface area contributed by atoms with Crippen molar-refractivity contribution >= 4 is 45.8 Å². The molecule has 2 rings (SSSR count). The van der Waals surface area contributed by atoms with Gasteiger partial charge in [-0.1, -0.05) is 12.1 Å². The maximum absolute atomic E-state index is 12.2. The molecule has 2 aromatic carbocycles. The molecule has 2 amide bonds. The highest BCUT2D eigenvalue weighted by molar-refractivity contribution is 14.1. The van der Waals surface area contributed by atoms with Gasteiger partial charge in [0, 0.05) is 27.6 Å². The molecule has 0 aliphatic carbocycles. The summed E-state index contributed by atoms with van der Waals surface area (Å²) in [6.07, 6.45) is 0. The summed E-state index contributed by atoms with van der Waals surface area (Å²) in [6.45, 7) is -0.0148. The van der Waals surface area contributed by atoms with Gasteiger partial charge in [-0.3, -0.25) is 9.59 Å². The van der Waals surface area contributed by atoms with E-state index in [4.69, 9.17) is 4.74 Å². The third kappa shape index (κ3) is 4.81. The normalized spacial score (nSPS) is 10.1. The Morgan fingerprint density at radius 2 is 1.73 bits per heavy atom. The highest BCUT2D eigenvalue weighted by atomic mass is 127. The van der Waals surface area contributed by atoms with E-state index in [2.05, 4.69) is 33.2 Å². The van der Waals surface area contributed by atoms with Crippen LogP contribution in [0.4, 0.5) is 11.4 Å². The summed E-state index contributed by atoms with van der Waals surface area (Å²) in [4.78, 5) is 23.7. The summed E-state index contributed by atoms with van der Waals surface area (Å²) in [5, 5.41) is 5.50. The number of benzene rings is 2. The van der Waals surface area contributed by atoms with Gasteiger partial charge in [0.25, 0.3) is 5.91 Å². The van der Waals surface area contributed by atoms with Crippen LogP contribution in [0.2, 0.25) is 0 Å². The lowest BCUT2D eigenvalue weighted by Crippen LogP contribution is -2.17. The van der Waals surface area contributed by atoms with E-state index in [1.165, 1.54) is 7.11 Å². The van der Waals surface area contributed by atoms with E-state index in [1.54, 1.807) is 36.4 Å². The fourth-order valence-corrected chi connectivity index (χ4v) is 2.38. The van der Waals surface area contributed by atoms with Crippen molar-refractivity contribution in [3.8, 4) is 0 Å². The minimum absolute atomic E-state index is 0.0148. The zero-order chi connectivity index (χ0) is 15.9. The van der Waals surface area contributed by atoms with Gasteiger partial charge in [0.05, 0.1) is 0 Å². The predicted octanol–water partition coefficient (Wildman–Crippen LogP) is 3.13. The van der Waals surface area contributed by atoms with Crippen molar-refractivity contribution in [3.63, 3.8) is 0 Å². The standard InChI is InChI=1S/C16H15IN2O3/c1-22-10-15(20)18-13-6-3-7-14(9-13)19-16(21)11-4-2-5-12(17)8-11/h2-9H,10H2,1H3,(H,18,20)(H,19,21). The van der Waals surface area contributed by atoms with Gasteiger partial charge in [-0.15, -0.1) is 0 Å². The molecule has 6 heteroatoms. The van der Waals surface area contributed by atoms with E-state index in [-0.39, 0.29) is 18.4 Å². The maximum Gasteiger partial charge on any atom is 0.255 e. The Morgan fingerprint density at radius 1 is 1.05 bits per heavy atom. The van der Waals surface area contributed by atoms with Crippen LogP contribution in [0, 0.1) is 3.57 Å². The Kier molecular flexibility index (Phi) is 5.91. The van der Waals surface area contributed by atoms with Crippen LogP contribution in [-0.4, -0.2) is 25.5 Å². The lowest BCUT2D eigenvalue weighted by atomic mass is 10.2. The molecule has 0 spiro atoms. The fraction of sp³-hybridized carbons (Fsp3) is 0.125. The first-order chi connectivity index (χ1) is 10.6. The second-order valence-electron chi connectivity index (χ2n) is 4.53. The Balaban J connectivity index is 2.07. The molecule has 2 aromatic rings. The third-order valence-electron chi connectivity index (χ3n) is 2.77. The van der Waals surface area contributed by atoms with Gasteiger partial charge in [-0.25, -0.2) is 0 Å². The zero-order valence-corrected chi connectivity index (χ0v) is 14.1. The number of hydrogen-bond acceptors (Lipinski definition) is 3. The quantitative estimate of drug-likeness (QED) is 0.745. The van der Waals surface area contributed by atoms with E-state index >= 15 is 0 Å². The molecule has 0 fully saturated rings. The van der Waals surface area contributed by atoms with E-state index < -0.39 is 0 Å². The molecule has 114 valence electrons. The molecule has 5 nitrogen and oxygen atoms in total. The van der Waals surface area contributed by atoms with E-state index in [9.17, 15) is 9.59 Å². The highest BCUT2D eigenvalue weighted by Gasteiger charge is 2.07. The van der Waals surface area contributed by atoms with Gasteiger partial charge in [0.15, 0.2) is 0 Å². The van der Waals surface area contributed by atoms with Crippen molar-refractivity contribution in [2.45, 2.75) is 0 Å². The molecule has 0 aromatic heterocycles. The van der Waals surface area contributed by atoms with Gasteiger partial charge >= 0.3 is 0 Å². The molecule has 0 atom stereocenters. The molecule has 0 aliphatic heterocycles. The number of carbonyl (C=O) groups excluding carboxylic acids is 2. The van der Waals surface area contributed by atoms with Crippen LogP contribution in [0.25, 0.3) is 0 Å². The zero-order valence-electron chi connectivity index (χ0n) is 11.9. The first-order valence-corrected chi connectivity index (χ1v) is 7.62. The summed E-state index contributed by atoms with van der Waals surface area (Å²) in [6, 6.07) is 14.3. The summed E-state index contributed by atoms with van der Waals surface area (Å²) in [5.74, 6) is -0.442. The monoisotopic (exact) mass is 410 g/mol. The van der Waals surface area contributed by atoms with E-state index in [0.717, 1.165) is 3.57 Å². The average molecular weight is 410 g/mol. The number of ether oxygens (including phenoxy) is 1. The number of hydrogen-bond donors (Lipinski definition) is 2. The Hall–Kier alpha value is -1.93. The van der Waals surface area contributed by atoms with Crippen LogP contribution in [0.15, 0.2) is 48.5 Å². The second kappa shape index (κ2) is 7.90. The fourth-order valence-electron chi connectivity index (χ4n) is 1.84. The number of methoxy groups -OCH3 is 1. The summed E-state index contributed by atoms with van der Waals surface area (Å²) in [5.41, 5.74) is 1.79. The highest BCUT2D eigenvalue weighted by Crippen LogP contribution is 2.17. The van der Waals surface area contributed by atoms with Crippen molar-refractivity contribution in [2.75, 3.05) is 24.4 Å². The molecule has 0 aliphatic rings. The molecule has 0 unspecified atom stereocenters. The largest absolute Gasteiger partial charge is 0.375 e. The lowest BCUT2D eigenvalue weighted by Gasteiger charge is -2.09. The molecule has 22 heavy (non-hydrogen) atoms. The molecule has 0 saturated heterocycles. The molecular weight excluding hydrogens is 395 g/mol. The second-order valence-corrected chi connectivity index (χ2v) is 5.77. The van der Waals surface area contributed by atoms with Crippen LogP contribution in [0.3, 0.4) is 0 Å². The van der Waals surface area contributed by atoms with Crippen LogP contribution in [0.1, 0.15) is 10.4 Å². The summed E-state index contributed by atoms with van der Waals surface area (Å²) in [7, 11) is 1.46. The number of nitrogens with one attached hydrogen (secondary N) is 2. The summed E-state index contributed by atoms with van der Waals surface area (Å²) >= 11 is 2.16. The van der Waals surface area contributed by atoms with Crippen LogP contribution in [0.5, 0.6) is 0 Å². The minimum atomic E-state index is -0.247. The van der Waals surface area contributed by atoms with E-state index in [1.807, 2.05) is 12.1 Å². The van der Waals surface area contributed by atoms with Crippen molar-refractivity contribution in [2.24, 2.45) is 0 Å². The van der Waals surface area contributed by atoms with Gasteiger partial charge in [-0.2, -0.15) is 0 Å². The maximum atomic E-state index is 12.2. The van der Waals surface area contributed by atoms with Crippen molar-refractivity contribution in [1.82, 2.24) is 0 Å². The van der Waals surface area contributed by atoms with Gasteiger partial charge in [0.1, 0.15) is 6.61 Å². The Bertz CT molecular complexity index is 689. The van der Waals surface area contributed by atoms with Crippen molar-refractivity contribution in [1.29, 1.82) is 0 Å². The van der Waals surface area contributed by atoms with E-state index in [0.29, 0.717) is 16.9 Å². The molecule has 2 N–H and O–H groups in total. The average Bonchev–Trinajstić information content (AvgIpc) is 2.47. The smallest absolute Gasteiger partial charge is 0.255 e. The number of anilines is 2. The van der Waals surface area contributed by atoms with Gasteiger partial charge in [0.2, 0.25) is 5.91 Å². The Morgan fingerprint density at radius 3 is 2.41 bits per heavy atom. The van der Waals surface area contributed by atoms with Crippen molar-refractivity contribution in [3.05, 3.63) is 57.7 Å². The summed E-state index contributed by atoms with van der Waals surface area (Å²) < 4.78 is 5.75. The minimum Gasteiger partial charge on any atom is -0.375 e. The number of rotatable bonds is 5. The number of halogens is 1. The van der Waals surface area contributed by atoms with Gasteiger partial charge in [-0.05, 0) is 59.0 Å². The molecule has 0 heterocycles.